The van der Waals surface area contributed by atoms with Crippen molar-refractivity contribution in [1.29, 1.82) is 0 Å². The van der Waals surface area contributed by atoms with E-state index in [9.17, 15) is 4.79 Å². The molecule has 0 aromatic heterocycles. The van der Waals surface area contributed by atoms with Gasteiger partial charge in [-0.1, -0.05) is 54.1 Å². The van der Waals surface area contributed by atoms with Gasteiger partial charge in [0.2, 0.25) is 0 Å². The molecule has 1 aliphatic heterocycles. The van der Waals surface area contributed by atoms with Crippen LogP contribution in [0.1, 0.15) is 41.1 Å². The Bertz CT molecular complexity index is 794. The van der Waals surface area contributed by atoms with Crippen LogP contribution in [0.15, 0.2) is 53.5 Å². The molecule has 0 spiro atoms. The lowest BCUT2D eigenvalue weighted by atomic mass is 9.83. The molecule has 0 fully saturated rings. The number of benzene rings is 2. The Kier molecular flexibility index (Phi) is 3.49. The van der Waals surface area contributed by atoms with E-state index in [4.69, 9.17) is 0 Å². The van der Waals surface area contributed by atoms with Crippen molar-refractivity contribution >= 4 is 11.7 Å². The van der Waals surface area contributed by atoms with E-state index in [1.807, 2.05) is 6.07 Å². The summed E-state index contributed by atoms with van der Waals surface area (Å²) in [5.41, 5.74) is 5.83. The molecule has 3 heteroatoms. The smallest absolute Gasteiger partial charge is 0.329 e. The van der Waals surface area contributed by atoms with Gasteiger partial charge in [-0.3, -0.25) is 0 Å². The Balaban J connectivity index is 1.82. The third-order valence-corrected chi connectivity index (χ3v) is 4.91. The van der Waals surface area contributed by atoms with Gasteiger partial charge in [0, 0.05) is 5.92 Å². The Hall–Kier alpha value is -2.42. The molecule has 116 valence electrons. The van der Waals surface area contributed by atoms with Crippen LogP contribution in [0.5, 0.6) is 0 Å². The number of hydrogen-bond acceptors (Lipinski definition) is 1. The van der Waals surface area contributed by atoms with Crippen LogP contribution in [0.2, 0.25) is 0 Å². The fraction of sp³-hybridized carbons (Fsp3) is 0.300. The Morgan fingerprint density at radius 3 is 2.87 bits per heavy atom. The topological polar surface area (TPSA) is 41.5 Å². The van der Waals surface area contributed by atoms with E-state index >= 15 is 0 Å². The highest BCUT2D eigenvalue weighted by molar-refractivity contribution is 6.10. The first-order chi connectivity index (χ1) is 11.2. The molecule has 2 aliphatic rings. The number of nitrogens with zero attached hydrogens (tertiary/aromatic N) is 1. The summed E-state index contributed by atoms with van der Waals surface area (Å²) in [5.74, 6) is 0.248. The summed E-state index contributed by atoms with van der Waals surface area (Å²) in [6, 6.07) is 16.6. The molecule has 2 aromatic carbocycles. The van der Waals surface area contributed by atoms with Gasteiger partial charge >= 0.3 is 6.03 Å². The lowest BCUT2D eigenvalue weighted by Gasteiger charge is -2.32. The minimum atomic E-state index is -0.223. The van der Waals surface area contributed by atoms with Crippen LogP contribution in [0, 0.1) is 12.8 Å². The lowest BCUT2D eigenvalue weighted by molar-refractivity contribution is 0.239. The van der Waals surface area contributed by atoms with E-state index in [1.165, 1.54) is 16.7 Å². The summed E-state index contributed by atoms with van der Waals surface area (Å²) in [4.78, 5) is 16.6. The fourth-order valence-electron chi connectivity index (χ4n) is 3.86. The lowest BCUT2D eigenvalue weighted by Crippen LogP contribution is -2.41. The van der Waals surface area contributed by atoms with Crippen molar-refractivity contribution in [2.45, 2.75) is 32.2 Å². The number of fused-ring (bicyclic) bond motifs is 3. The summed E-state index contributed by atoms with van der Waals surface area (Å²) in [6.07, 6.45) is 3.23. The first-order valence-electron chi connectivity index (χ1n) is 8.26. The third-order valence-electron chi connectivity index (χ3n) is 4.91. The molecule has 0 saturated heterocycles. The number of hydrogen-bond donors (Lipinski definition) is 1. The normalized spacial score (nSPS) is 23.2. The molecule has 2 aromatic rings. The number of carbonyl (C=O) groups excluding carboxylic acids is 1. The molecule has 0 bridgehead atoms. The maximum absolute atomic E-state index is 12.2. The minimum absolute atomic E-state index is 0.0149. The summed E-state index contributed by atoms with van der Waals surface area (Å²) >= 11 is 0. The van der Waals surface area contributed by atoms with Crippen molar-refractivity contribution < 1.29 is 4.79 Å². The summed E-state index contributed by atoms with van der Waals surface area (Å²) < 4.78 is 0. The summed E-state index contributed by atoms with van der Waals surface area (Å²) in [5, 5.41) is 3.09. The van der Waals surface area contributed by atoms with E-state index in [0.717, 1.165) is 30.5 Å². The zero-order chi connectivity index (χ0) is 15.8. The molecule has 0 saturated carbocycles. The molecule has 2 atom stereocenters. The van der Waals surface area contributed by atoms with Gasteiger partial charge in [-0.15, -0.1) is 0 Å². The van der Waals surface area contributed by atoms with Crippen molar-refractivity contribution in [3.8, 4) is 0 Å². The van der Waals surface area contributed by atoms with Crippen molar-refractivity contribution in [3.05, 3.63) is 70.8 Å². The molecule has 2 unspecified atom stereocenters. The molecular formula is C20H20N2O. The number of aliphatic imine (C=N–C) groups is 1. The number of urea groups is 1. The van der Waals surface area contributed by atoms with Gasteiger partial charge in [0.05, 0.1) is 11.8 Å². The standard InChI is InChI=1S/C20H20N2O/c1-13-6-4-9-15(12-13)18-17-11-5-8-14-7-2-3-10-16(14)19(17)22-20(23)21-18/h2-4,6-7,9-10,12,17-18H,5,8,11H2,1H3,(H,21,23). The maximum Gasteiger partial charge on any atom is 0.341 e. The predicted molar refractivity (Wildman–Crippen MR) is 91.9 cm³/mol. The van der Waals surface area contributed by atoms with Crippen LogP contribution in [0.25, 0.3) is 0 Å². The average Bonchev–Trinajstić information content (AvgIpc) is 2.74. The van der Waals surface area contributed by atoms with Gasteiger partial charge in [-0.05, 0) is 42.9 Å². The van der Waals surface area contributed by atoms with Gasteiger partial charge in [0.25, 0.3) is 0 Å². The van der Waals surface area contributed by atoms with Crippen LogP contribution in [-0.2, 0) is 6.42 Å². The van der Waals surface area contributed by atoms with E-state index in [0.29, 0.717) is 0 Å². The van der Waals surface area contributed by atoms with E-state index in [-0.39, 0.29) is 18.0 Å². The van der Waals surface area contributed by atoms with Crippen molar-refractivity contribution in [2.24, 2.45) is 10.9 Å². The van der Waals surface area contributed by atoms with Crippen LogP contribution in [-0.4, -0.2) is 11.7 Å². The third kappa shape index (κ3) is 2.56. The molecule has 4 rings (SSSR count). The Morgan fingerprint density at radius 2 is 2.00 bits per heavy atom. The molecule has 3 nitrogen and oxygen atoms in total. The highest BCUT2D eigenvalue weighted by atomic mass is 16.2. The Labute approximate surface area is 136 Å². The van der Waals surface area contributed by atoms with Gasteiger partial charge in [0.1, 0.15) is 0 Å². The molecule has 0 radical (unpaired) electrons. The van der Waals surface area contributed by atoms with Crippen molar-refractivity contribution in [2.75, 3.05) is 0 Å². The van der Waals surface area contributed by atoms with Gasteiger partial charge in [0.15, 0.2) is 0 Å². The second-order valence-corrected chi connectivity index (χ2v) is 6.49. The first-order valence-corrected chi connectivity index (χ1v) is 8.26. The second-order valence-electron chi connectivity index (χ2n) is 6.49. The number of rotatable bonds is 1. The number of amides is 2. The molecule has 1 aliphatic carbocycles. The van der Waals surface area contributed by atoms with Crippen LogP contribution in [0.4, 0.5) is 4.79 Å². The quantitative estimate of drug-likeness (QED) is 0.843. The molecular weight excluding hydrogens is 284 g/mol. The Morgan fingerprint density at radius 1 is 1.13 bits per heavy atom. The van der Waals surface area contributed by atoms with Crippen LogP contribution < -0.4 is 5.32 Å². The zero-order valence-electron chi connectivity index (χ0n) is 13.3. The van der Waals surface area contributed by atoms with E-state index in [1.54, 1.807) is 0 Å². The number of nitrogens with one attached hydrogen (secondary N) is 1. The minimum Gasteiger partial charge on any atom is -0.329 e. The van der Waals surface area contributed by atoms with E-state index in [2.05, 4.69) is 59.7 Å². The van der Waals surface area contributed by atoms with Gasteiger partial charge < -0.3 is 5.32 Å². The highest BCUT2D eigenvalue weighted by Crippen LogP contribution is 2.36. The van der Waals surface area contributed by atoms with E-state index < -0.39 is 0 Å². The summed E-state index contributed by atoms with van der Waals surface area (Å²) in [7, 11) is 0. The molecule has 1 heterocycles. The number of carbonyl (C=O) groups is 1. The molecule has 1 N–H and O–H groups in total. The second kappa shape index (κ2) is 5.65. The van der Waals surface area contributed by atoms with Gasteiger partial charge in [-0.2, -0.15) is 4.99 Å². The van der Waals surface area contributed by atoms with Crippen molar-refractivity contribution in [1.82, 2.24) is 5.32 Å². The SMILES string of the molecule is Cc1cccc(C2NC(=O)N=C3c4ccccc4CCCC32)c1. The highest BCUT2D eigenvalue weighted by Gasteiger charge is 2.35. The molecule has 23 heavy (non-hydrogen) atoms. The first kappa shape index (κ1) is 14.2. The number of aryl methyl sites for hydroxylation is 2. The maximum atomic E-state index is 12.2. The molecule has 2 amide bonds. The summed E-state index contributed by atoms with van der Waals surface area (Å²) in [6.45, 7) is 2.09. The fourth-order valence-corrected chi connectivity index (χ4v) is 3.86. The van der Waals surface area contributed by atoms with Crippen LogP contribution >= 0.6 is 0 Å². The zero-order valence-corrected chi connectivity index (χ0v) is 13.3. The van der Waals surface area contributed by atoms with Gasteiger partial charge in [-0.25, -0.2) is 4.79 Å². The van der Waals surface area contributed by atoms with Crippen LogP contribution in [0.3, 0.4) is 0 Å². The largest absolute Gasteiger partial charge is 0.341 e. The average molecular weight is 304 g/mol. The predicted octanol–water partition coefficient (Wildman–Crippen LogP) is 4.20. The van der Waals surface area contributed by atoms with Crippen molar-refractivity contribution in [3.63, 3.8) is 0 Å². The monoisotopic (exact) mass is 304 g/mol.